The largest absolute Gasteiger partial charge is 0.416 e. The molecule has 3 heterocycles. The lowest BCUT2D eigenvalue weighted by atomic mass is 9.97. The number of nitrogens with zero attached hydrogens (tertiary/aromatic N) is 3. The minimum atomic E-state index is -4.41. The van der Waals surface area contributed by atoms with Crippen LogP contribution in [0.4, 0.5) is 19.0 Å². The quantitative estimate of drug-likeness (QED) is 0.550. The summed E-state index contributed by atoms with van der Waals surface area (Å²) in [7, 11) is 1.95. The molecule has 32 heavy (non-hydrogen) atoms. The van der Waals surface area contributed by atoms with Gasteiger partial charge in [0.05, 0.1) is 17.0 Å². The highest BCUT2D eigenvalue weighted by Gasteiger charge is 2.31. The highest BCUT2D eigenvalue weighted by atomic mass is 19.4. The van der Waals surface area contributed by atoms with Crippen molar-refractivity contribution in [3.05, 3.63) is 54.0 Å². The van der Waals surface area contributed by atoms with E-state index in [4.69, 9.17) is 4.98 Å². The van der Waals surface area contributed by atoms with E-state index in [1.54, 1.807) is 12.3 Å². The van der Waals surface area contributed by atoms with E-state index in [1.165, 1.54) is 12.1 Å². The van der Waals surface area contributed by atoms with Gasteiger partial charge in [-0.05, 0) is 64.0 Å². The summed E-state index contributed by atoms with van der Waals surface area (Å²) < 4.78 is 42.3. The summed E-state index contributed by atoms with van der Waals surface area (Å²) in [4.78, 5) is 9.30. The zero-order valence-corrected chi connectivity index (χ0v) is 18.5. The molecule has 0 atom stereocenters. The Balaban J connectivity index is 1.87. The van der Waals surface area contributed by atoms with Gasteiger partial charge in [-0.1, -0.05) is 12.1 Å². The van der Waals surface area contributed by atoms with Crippen LogP contribution in [0, 0.1) is 0 Å². The van der Waals surface area contributed by atoms with Crippen molar-refractivity contribution in [1.29, 1.82) is 0 Å². The maximum Gasteiger partial charge on any atom is 0.416 e. The molecule has 2 N–H and O–H groups in total. The van der Waals surface area contributed by atoms with E-state index in [2.05, 4.69) is 15.6 Å². The molecule has 0 amide bonds. The summed E-state index contributed by atoms with van der Waals surface area (Å²) in [5.41, 5.74) is 2.01. The van der Waals surface area contributed by atoms with E-state index < -0.39 is 11.7 Å². The zero-order chi connectivity index (χ0) is 22.9. The van der Waals surface area contributed by atoms with Gasteiger partial charge in [-0.2, -0.15) is 13.2 Å². The number of rotatable bonds is 5. The Morgan fingerprint density at radius 1 is 1.09 bits per heavy atom. The van der Waals surface area contributed by atoms with E-state index in [9.17, 15) is 13.2 Å². The highest BCUT2D eigenvalue weighted by Crippen LogP contribution is 2.38. The van der Waals surface area contributed by atoms with Gasteiger partial charge >= 0.3 is 6.18 Å². The molecule has 170 valence electrons. The lowest BCUT2D eigenvalue weighted by molar-refractivity contribution is -0.137. The fourth-order valence-electron chi connectivity index (χ4n) is 4.29. The van der Waals surface area contributed by atoms with Crippen molar-refractivity contribution in [2.75, 3.05) is 18.4 Å². The Kier molecular flexibility index (Phi) is 6.24. The van der Waals surface area contributed by atoms with Gasteiger partial charge in [0, 0.05) is 36.3 Å². The van der Waals surface area contributed by atoms with Crippen LogP contribution in [0.1, 0.15) is 44.0 Å². The standard InChI is InChI=1S/C24H28F3N5/c1-15(2)30-20-14-18(9-12-29-20)22-21(17-5-4-6-19(13-17)24(25,26)27)31-23(32(22)3)16-7-10-28-11-8-16/h4-6,9,12-16,28H,7-8,10-11H2,1-3H3,(H,29,30). The molecule has 1 fully saturated rings. The minimum absolute atomic E-state index is 0.206. The van der Waals surface area contributed by atoms with Crippen LogP contribution in [0.25, 0.3) is 22.5 Å². The van der Waals surface area contributed by atoms with Gasteiger partial charge in [0.2, 0.25) is 0 Å². The summed E-state index contributed by atoms with van der Waals surface area (Å²) in [6.45, 7) is 5.87. The fourth-order valence-corrected chi connectivity index (χ4v) is 4.29. The molecule has 1 saturated heterocycles. The van der Waals surface area contributed by atoms with Crippen molar-refractivity contribution in [2.45, 2.75) is 44.8 Å². The molecule has 1 aromatic carbocycles. The predicted octanol–water partition coefficient (Wildman–Crippen LogP) is 5.46. The molecular weight excluding hydrogens is 415 g/mol. The van der Waals surface area contributed by atoms with Crippen molar-refractivity contribution in [2.24, 2.45) is 7.05 Å². The molecule has 1 aliphatic heterocycles. The third kappa shape index (κ3) is 4.65. The molecule has 3 aromatic rings. The molecule has 8 heteroatoms. The third-order valence-corrected chi connectivity index (χ3v) is 5.77. The number of pyridine rings is 1. The van der Waals surface area contributed by atoms with Crippen molar-refractivity contribution in [3.8, 4) is 22.5 Å². The van der Waals surface area contributed by atoms with Crippen LogP contribution in [-0.2, 0) is 13.2 Å². The molecule has 0 saturated carbocycles. The number of halogens is 3. The number of alkyl halides is 3. The second-order valence-corrected chi connectivity index (χ2v) is 8.56. The van der Waals surface area contributed by atoms with E-state index >= 15 is 0 Å². The number of imidazole rings is 1. The summed E-state index contributed by atoms with van der Waals surface area (Å²) in [5, 5.41) is 6.65. The Hall–Kier alpha value is -2.87. The molecule has 0 spiro atoms. The first-order valence-corrected chi connectivity index (χ1v) is 10.9. The number of anilines is 1. The molecule has 0 radical (unpaired) electrons. The van der Waals surface area contributed by atoms with Gasteiger partial charge in [0.1, 0.15) is 11.6 Å². The fraction of sp³-hybridized carbons (Fsp3) is 0.417. The van der Waals surface area contributed by atoms with Gasteiger partial charge in [-0.25, -0.2) is 9.97 Å². The van der Waals surface area contributed by atoms with Gasteiger partial charge in [-0.15, -0.1) is 0 Å². The van der Waals surface area contributed by atoms with Gasteiger partial charge in [0.25, 0.3) is 0 Å². The molecule has 0 bridgehead atoms. The SMILES string of the molecule is CC(C)Nc1cc(-c2c(-c3cccc(C(F)(F)F)c3)nc(C3CCNCC3)n2C)ccn1. The number of piperidine rings is 1. The smallest absolute Gasteiger partial charge is 0.368 e. The van der Waals surface area contributed by atoms with E-state index in [0.717, 1.165) is 54.9 Å². The van der Waals surface area contributed by atoms with Gasteiger partial charge in [0.15, 0.2) is 0 Å². The van der Waals surface area contributed by atoms with Crippen LogP contribution in [0.15, 0.2) is 42.6 Å². The number of benzene rings is 1. The van der Waals surface area contributed by atoms with Crippen molar-refractivity contribution >= 4 is 5.82 Å². The second kappa shape index (κ2) is 8.94. The molecular formula is C24H28F3N5. The number of aromatic nitrogens is 3. The summed E-state index contributed by atoms with van der Waals surface area (Å²) in [6.07, 6.45) is -0.799. The lowest BCUT2D eigenvalue weighted by Gasteiger charge is -2.22. The van der Waals surface area contributed by atoms with E-state index in [-0.39, 0.29) is 12.0 Å². The molecule has 4 rings (SSSR count). The molecule has 0 aliphatic carbocycles. The molecule has 5 nitrogen and oxygen atoms in total. The molecule has 0 unspecified atom stereocenters. The Labute approximate surface area is 186 Å². The molecule has 1 aliphatic rings. The number of hydrogen-bond donors (Lipinski definition) is 2. The van der Waals surface area contributed by atoms with Crippen LogP contribution >= 0.6 is 0 Å². The van der Waals surface area contributed by atoms with Crippen LogP contribution in [0.5, 0.6) is 0 Å². The Morgan fingerprint density at radius 3 is 2.53 bits per heavy atom. The van der Waals surface area contributed by atoms with Gasteiger partial charge in [-0.3, -0.25) is 0 Å². The van der Waals surface area contributed by atoms with Crippen molar-refractivity contribution in [1.82, 2.24) is 19.9 Å². The predicted molar refractivity (Wildman–Crippen MR) is 120 cm³/mol. The summed E-state index contributed by atoms with van der Waals surface area (Å²) in [5.74, 6) is 1.89. The highest BCUT2D eigenvalue weighted by molar-refractivity contribution is 5.80. The average Bonchev–Trinajstić information content (AvgIpc) is 3.11. The monoisotopic (exact) mass is 443 g/mol. The number of nitrogens with one attached hydrogen (secondary N) is 2. The first-order chi connectivity index (χ1) is 15.2. The lowest BCUT2D eigenvalue weighted by Crippen LogP contribution is -2.27. The molecule has 2 aromatic heterocycles. The van der Waals surface area contributed by atoms with Gasteiger partial charge < -0.3 is 15.2 Å². The van der Waals surface area contributed by atoms with Crippen molar-refractivity contribution in [3.63, 3.8) is 0 Å². The van der Waals surface area contributed by atoms with Crippen LogP contribution < -0.4 is 10.6 Å². The zero-order valence-electron chi connectivity index (χ0n) is 18.5. The maximum absolute atomic E-state index is 13.4. The minimum Gasteiger partial charge on any atom is -0.368 e. The Morgan fingerprint density at radius 2 is 1.84 bits per heavy atom. The maximum atomic E-state index is 13.4. The van der Waals surface area contributed by atoms with Crippen LogP contribution in [0.3, 0.4) is 0 Å². The Bertz CT molecular complexity index is 1080. The normalized spacial score (nSPS) is 15.3. The average molecular weight is 444 g/mol. The van der Waals surface area contributed by atoms with Crippen molar-refractivity contribution < 1.29 is 13.2 Å². The van der Waals surface area contributed by atoms with Crippen LogP contribution in [-0.4, -0.2) is 33.7 Å². The summed E-state index contributed by atoms with van der Waals surface area (Å²) >= 11 is 0. The topological polar surface area (TPSA) is 54.8 Å². The first kappa shape index (κ1) is 22.3. The number of hydrogen-bond acceptors (Lipinski definition) is 4. The summed E-state index contributed by atoms with van der Waals surface area (Å²) in [6, 6.07) is 9.44. The van der Waals surface area contributed by atoms with E-state index in [0.29, 0.717) is 11.3 Å². The first-order valence-electron chi connectivity index (χ1n) is 10.9. The van der Waals surface area contributed by atoms with E-state index in [1.807, 2.05) is 37.6 Å². The third-order valence-electron chi connectivity index (χ3n) is 5.77. The van der Waals surface area contributed by atoms with Crippen LogP contribution in [0.2, 0.25) is 0 Å². The second-order valence-electron chi connectivity index (χ2n) is 8.56.